The predicted molar refractivity (Wildman–Crippen MR) is 154 cm³/mol. The highest BCUT2D eigenvalue weighted by molar-refractivity contribution is 5.77. The van der Waals surface area contributed by atoms with Gasteiger partial charge in [-0.25, -0.2) is 0 Å². The zero-order valence-corrected chi connectivity index (χ0v) is 23.0. The summed E-state index contributed by atoms with van der Waals surface area (Å²) in [6, 6.07) is 21.0. The van der Waals surface area contributed by atoms with Crippen LogP contribution in [-0.4, -0.2) is 47.0 Å². The number of ether oxygens (including phenoxy) is 1. The molecular weight excluding hydrogens is 504 g/mol. The molecular formula is C32H36N4O4. The molecule has 1 fully saturated rings. The van der Waals surface area contributed by atoms with Gasteiger partial charge in [0.25, 0.3) is 5.69 Å². The minimum Gasteiger partial charge on any atom is -0.464 e. The minimum absolute atomic E-state index is 0.00353. The summed E-state index contributed by atoms with van der Waals surface area (Å²) >= 11 is 0. The topological polar surface area (TPSA) is 97.6 Å². The normalized spacial score (nSPS) is 23.6. The number of nitrogens with zero attached hydrogens (tertiary/aromatic N) is 3. The molecule has 3 atom stereocenters. The van der Waals surface area contributed by atoms with Crippen molar-refractivity contribution in [2.24, 2.45) is 5.92 Å². The second kappa shape index (κ2) is 12.0. The first-order valence-corrected chi connectivity index (χ1v) is 13.9. The quantitative estimate of drug-likeness (QED) is 0.228. The molecule has 2 aromatic carbocycles. The van der Waals surface area contributed by atoms with Gasteiger partial charge in [-0.2, -0.15) is 0 Å². The summed E-state index contributed by atoms with van der Waals surface area (Å²) in [5.74, 6) is -0.843. The van der Waals surface area contributed by atoms with Crippen molar-refractivity contribution < 1.29 is 14.5 Å². The van der Waals surface area contributed by atoms with Crippen molar-refractivity contribution >= 4 is 11.7 Å². The zero-order chi connectivity index (χ0) is 28.1. The van der Waals surface area contributed by atoms with E-state index >= 15 is 0 Å². The summed E-state index contributed by atoms with van der Waals surface area (Å²) < 4.78 is 5.97. The van der Waals surface area contributed by atoms with Gasteiger partial charge >= 0.3 is 5.97 Å². The van der Waals surface area contributed by atoms with Crippen LogP contribution in [0.5, 0.6) is 0 Å². The van der Waals surface area contributed by atoms with Gasteiger partial charge in [0.1, 0.15) is 6.61 Å². The molecule has 2 aliphatic heterocycles. The number of nitrogens with one attached hydrogen (secondary N) is 1. The molecule has 208 valence electrons. The first kappa shape index (κ1) is 27.5. The Hall–Kier alpha value is -4.04. The summed E-state index contributed by atoms with van der Waals surface area (Å²) in [4.78, 5) is 31.7. The lowest BCUT2D eigenvalue weighted by Gasteiger charge is -2.45. The second-order valence-electron chi connectivity index (χ2n) is 11.0. The molecule has 8 heteroatoms. The number of likely N-dealkylation sites (tertiary alicyclic amines) is 1. The summed E-state index contributed by atoms with van der Waals surface area (Å²) in [6.45, 7) is 6.82. The molecule has 0 aliphatic carbocycles. The Labute approximate surface area is 235 Å². The molecule has 0 spiro atoms. The number of carbonyl (C=O) groups excluding carboxylic acids is 1. The molecule has 0 amide bonds. The van der Waals surface area contributed by atoms with Gasteiger partial charge < -0.3 is 10.1 Å². The predicted octanol–water partition coefficient (Wildman–Crippen LogP) is 5.53. The van der Waals surface area contributed by atoms with E-state index in [1.165, 1.54) is 11.6 Å². The van der Waals surface area contributed by atoms with E-state index in [9.17, 15) is 14.9 Å². The molecule has 3 unspecified atom stereocenters. The van der Waals surface area contributed by atoms with Crippen molar-refractivity contribution in [2.75, 3.05) is 26.2 Å². The van der Waals surface area contributed by atoms with E-state index in [1.807, 2.05) is 38.1 Å². The smallest absolute Gasteiger partial charge is 0.312 e. The fourth-order valence-electron chi connectivity index (χ4n) is 6.27. The highest BCUT2D eigenvalue weighted by atomic mass is 16.6. The number of esters is 1. The third kappa shape index (κ3) is 5.92. The van der Waals surface area contributed by atoms with Crippen molar-refractivity contribution in [3.63, 3.8) is 0 Å². The Morgan fingerprint density at radius 1 is 1.10 bits per heavy atom. The summed E-state index contributed by atoms with van der Waals surface area (Å²) in [5.41, 5.74) is 3.00. The highest BCUT2D eigenvalue weighted by Gasteiger charge is 2.49. The summed E-state index contributed by atoms with van der Waals surface area (Å²) in [5, 5.41) is 15.0. The fourth-order valence-corrected chi connectivity index (χ4v) is 6.27. The van der Waals surface area contributed by atoms with Crippen molar-refractivity contribution in [3.8, 4) is 0 Å². The molecule has 0 bridgehead atoms. The SMILES string of the molecule is CC1=CC(c2cccc([N+](=O)[O-])c2)C(C(=O)OCCN2CCC(c3ccccc3)CC2)C(C)(c2cccnc2)N1. The number of pyridine rings is 1. The van der Waals surface area contributed by atoms with Crippen LogP contribution in [0, 0.1) is 16.0 Å². The van der Waals surface area contributed by atoms with Crippen molar-refractivity contribution in [2.45, 2.75) is 44.1 Å². The van der Waals surface area contributed by atoms with Gasteiger partial charge in [0, 0.05) is 42.7 Å². The minimum atomic E-state index is -0.826. The van der Waals surface area contributed by atoms with Gasteiger partial charge in [0.05, 0.1) is 16.4 Å². The number of piperidine rings is 1. The Balaban J connectivity index is 1.33. The van der Waals surface area contributed by atoms with E-state index in [1.54, 1.807) is 24.5 Å². The molecule has 3 heterocycles. The molecule has 1 saturated heterocycles. The van der Waals surface area contributed by atoms with Crippen LogP contribution in [0.2, 0.25) is 0 Å². The number of hydrogen-bond acceptors (Lipinski definition) is 7. The summed E-state index contributed by atoms with van der Waals surface area (Å²) in [7, 11) is 0. The van der Waals surface area contributed by atoms with Gasteiger partial charge in [0.15, 0.2) is 0 Å². The molecule has 1 aromatic heterocycles. The number of hydrogen-bond donors (Lipinski definition) is 1. The molecule has 8 nitrogen and oxygen atoms in total. The standard InChI is InChI=1S/C32H36N4O4/c1-23-20-29(26-10-6-12-28(21-26)36(38)39)30(32(2,34-23)27-11-7-15-33-22-27)31(37)40-19-18-35-16-13-25(14-17-35)24-8-4-3-5-9-24/h3-12,15,20-22,25,29-30,34H,13-14,16-19H2,1-2H3. The lowest BCUT2D eigenvalue weighted by atomic mass is 9.68. The van der Waals surface area contributed by atoms with Crippen molar-refractivity contribution in [1.82, 2.24) is 15.2 Å². The van der Waals surface area contributed by atoms with E-state index in [0.29, 0.717) is 24.6 Å². The number of allylic oxidation sites excluding steroid dienone is 2. The van der Waals surface area contributed by atoms with Crippen LogP contribution in [0.3, 0.4) is 0 Å². The second-order valence-corrected chi connectivity index (χ2v) is 11.0. The van der Waals surface area contributed by atoms with Crippen LogP contribution < -0.4 is 5.32 Å². The van der Waals surface area contributed by atoms with E-state index in [2.05, 4.69) is 45.5 Å². The molecule has 1 N–H and O–H groups in total. The van der Waals surface area contributed by atoms with Gasteiger partial charge in [-0.15, -0.1) is 0 Å². The number of nitro benzene ring substituents is 1. The molecule has 0 saturated carbocycles. The maximum absolute atomic E-state index is 13.9. The van der Waals surface area contributed by atoms with Gasteiger partial charge in [-0.05, 0) is 68.5 Å². The van der Waals surface area contributed by atoms with E-state index in [4.69, 9.17) is 4.74 Å². The Morgan fingerprint density at radius 3 is 2.55 bits per heavy atom. The van der Waals surface area contributed by atoms with Crippen LogP contribution in [0.1, 0.15) is 55.2 Å². The average molecular weight is 541 g/mol. The van der Waals surface area contributed by atoms with E-state index in [0.717, 1.165) is 37.2 Å². The number of nitro groups is 1. The first-order valence-electron chi connectivity index (χ1n) is 13.9. The van der Waals surface area contributed by atoms with E-state index < -0.39 is 22.3 Å². The number of non-ortho nitro benzene ring substituents is 1. The van der Waals surface area contributed by atoms with Gasteiger partial charge in [-0.3, -0.25) is 24.8 Å². The number of carbonyl (C=O) groups is 1. The molecule has 5 rings (SSSR count). The Bertz CT molecular complexity index is 1360. The van der Waals surface area contributed by atoms with Crippen LogP contribution in [0.4, 0.5) is 5.69 Å². The number of benzene rings is 2. The lowest BCUT2D eigenvalue weighted by Crippen LogP contribution is -2.53. The van der Waals surface area contributed by atoms with Crippen LogP contribution in [-0.2, 0) is 15.1 Å². The Kier molecular flexibility index (Phi) is 8.26. The van der Waals surface area contributed by atoms with Crippen LogP contribution in [0.25, 0.3) is 0 Å². The van der Waals surface area contributed by atoms with Crippen molar-refractivity contribution in [3.05, 3.63) is 118 Å². The molecule has 3 aromatic rings. The summed E-state index contributed by atoms with van der Waals surface area (Å²) in [6.07, 6.45) is 7.60. The molecule has 40 heavy (non-hydrogen) atoms. The number of aromatic nitrogens is 1. The third-order valence-corrected chi connectivity index (χ3v) is 8.36. The highest BCUT2D eigenvalue weighted by Crippen LogP contribution is 2.45. The maximum atomic E-state index is 13.9. The maximum Gasteiger partial charge on any atom is 0.312 e. The average Bonchev–Trinajstić information content (AvgIpc) is 2.98. The van der Waals surface area contributed by atoms with Crippen LogP contribution in [0.15, 0.2) is 90.9 Å². The molecule has 0 radical (unpaired) electrons. The molecule has 2 aliphatic rings. The zero-order valence-electron chi connectivity index (χ0n) is 23.0. The largest absolute Gasteiger partial charge is 0.464 e. The monoisotopic (exact) mass is 540 g/mol. The lowest BCUT2D eigenvalue weighted by molar-refractivity contribution is -0.384. The van der Waals surface area contributed by atoms with Gasteiger partial charge in [0.2, 0.25) is 0 Å². The Morgan fingerprint density at radius 2 is 1.85 bits per heavy atom. The van der Waals surface area contributed by atoms with Gasteiger partial charge in [-0.1, -0.05) is 54.6 Å². The third-order valence-electron chi connectivity index (χ3n) is 8.36. The van der Waals surface area contributed by atoms with E-state index in [-0.39, 0.29) is 11.7 Å². The fraction of sp³-hybridized carbons (Fsp3) is 0.375. The van der Waals surface area contributed by atoms with Crippen molar-refractivity contribution in [1.29, 1.82) is 0 Å². The number of rotatable bonds is 8. The van der Waals surface area contributed by atoms with Crippen LogP contribution >= 0.6 is 0 Å². The first-order chi connectivity index (χ1) is 19.3.